The maximum atomic E-state index is 11.2. The maximum Gasteiger partial charge on any atom is 0.533 e. The largest absolute Gasteiger partial charge is 0.533 e. The molecule has 0 aliphatic rings. The van der Waals surface area contributed by atoms with E-state index in [-0.39, 0.29) is 6.61 Å². The predicted molar refractivity (Wildman–Crippen MR) is 67.1 cm³/mol. The highest BCUT2D eigenvalue weighted by Gasteiger charge is 2.18. The fraction of sp³-hybridized carbons (Fsp3) is 0.385. The molecule has 0 heterocycles. The van der Waals surface area contributed by atoms with Gasteiger partial charge in [0.1, 0.15) is 12.2 Å². The molecule has 6 heteroatoms. The van der Waals surface area contributed by atoms with Crippen molar-refractivity contribution < 1.29 is 23.9 Å². The van der Waals surface area contributed by atoms with Crippen LogP contribution in [0.2, 0.25) is 0 Å². The molecule has 6 nitrogen and oxygen atoms in total. The van der Waals surface area contributed by atoms with E-state index in [1.807, 2.05) is 35.8 Å². The van der Waals surface area contributed by atoms with Gasteiger partial charge in [-0.1, -0.05) is 30.3 Å². The Morgan fingerprint density at radius 2 is 1.79 bits per heavy atom. The molecule has 1 rings (SSSR count). The van der Waals surface area contributed by atoms with Crippen LogP contribution < -0.4 is 5.48 Å². The molecule has 1 amide bonds. The molecule has 0 aromatic heterocycles. The highest BCUT2D eigenvalue weighted by Crippen LogP contribution is 2.07. The fourth-order valence-corrected chi connectivity index (χ4v) is 1.11. The van der Waals surface area contributed by atoms with Crippen LogP contribution in [0.25, 0.3) is 0 Å². The maximum absolute atomic E-state index is 11.2. The molecule has 0 radical (unpaired) electrons. The molecule has 0 unspecified atom stereocenters. The molecule has 0 fully saturated rings. The van der Waals surface area contributed by atoms with Crippen LogP contribution >= 0.6 is 0 Å². The number of benzene rings is 1. The van der Waals surface area contributed by atoms with Crippen molar-refractivity contribution in [2.75, 3.05) is 0 Å². The Morgan fingerprint density at radius 3 is 2.37 bits per heavy atom. The third-order valence-corrected chi connectivity index (χ3v) is 1.82. The molecule has 1 aromatic carbocycles. The molecule has 1 N–H and O–H groups in total. The van der Waals surface area contributed by atoms with Gasteiger partial charge in [0.25, 0.3) is 0 Å². The standard InChI is InChI=1S/C13H17NO5/c1-13(2,3)18-12(16)19-14-11(15)17-9-10-7-5-4-6-8-10/h4-8H,9H2,1-3H3,(H,14,15). The van der Waals surface area contributed by atoms with Crippen LogP contribution in [-0.4, -0.2) is 17.8 Å². The van der Waals surface area contributed by atoms with E-state index in [1.165, 1.54) is 0 Å². The van der Waals surface area contributed by atoms with Crippen LogP contribution in [0.1, 0.15) is 26.3 Å². The van der Waals surface area contributed by atoms with E-state index in [9.17, 15) is 9.59 Å². The van der Waals surface area contributed by atoms with Crippen LogP contribution in [0.3, 0.4) is 0 Å². The Hall–Kier alpha value is -2.24. The minimum Gasteiger partial charge on any atom is -0.443 e. The number of hydrogen-bond donors (Lipinski definition) is 1. The monoisotopic (exact) mass is 267 g/mol. The lowest BCUT2D eigenvalue weighted by Crippen LogP contribution is -2.32. The Labute approximate surface area is 111 Å². The predicted octanol–water partition coefficient (Wildman–Crippen LogP) is 2.78. The van der Waals surface area contributed by atoms with E-state index >= 15 is 0 Å². The fourth-order valence-electron chi connectivity index (χ4n) is 1.11. The third kappa shape index (κ3) is 6.92. The zero-order valence-corrected chi connectivity index (χ0v) is 11.1. The SMILES string of the molecule is CC(C)(C)OC(=O)ONC(=O)OCc1ccccc1. The van der Waals surface area contributed by atoms with Gasteiger partial charge in [-0.2, -0.15) is 0 Å². The first-order chi connectivity index (χ1) is 8.87. The summed E-state index contributed by atoms with van der Waals surface area (Å²) in [7, 11) is 0. The number of ether oxygens (including phenoxy) is 2. The third-order valence-electron chi connectivity index (χ3n) is 1.82. The number of amides is 1. The van der Waals surface area contributed by atoms with Gasteiger partial charge in [0.05, 0.1) is 0 Å². The van der Waals surface area contributed by atoms with Gasteiger partial charge in [0.15, 0.2) is 0 Å². The number of carbonyl (C=O) groups excluding carboxylic acids is 2. The van der Waals surface area contributed by atoms with Crippen molar-refractivity contribution in [3.63, 3.8) is 0 Å². The summed E-state index contributed by atoms with van der Waals surface area (Å²) in [5.41, 5.74) is 1.98. The smallest absolute Gasteiger partial charge is 0.443 e. The summed E-state index contributed by atoms with van der Waals surface area (Å²) >= 11 is 0. The van der Waals surface area contributed by atoms with E-state index in [1.54, 1.807) is 20.8 Å². The Bertz CT molecular complexity index is 424. The Morgan fingerprint density at radius 1 is 1.16 bits per heavy atom. The van der Waals surface area contributed by atoms with Gasteiger partial charge in [-0.3, -0.25) is 0 Å². The van der Waals surface area contributed by atoms with Gasteiger partial charge in [0, 0.05) is 0 Å². The van der Waals surface area contributed by atoms with Crippen molar-refractivity contribution >= 4 is 12.2 Å². The first-order valence-corrected chi connectivity index (χ1v) is 5.73. The van der Waals surface area contributed by atoms with Gasteiger partial charge >= 0.3 is 12.2 Å². The van der Waals surface area contributed by atoms with Gasteiger partial charge in [-0.25, -0.2) is 9.59 Å². The molecular formula is C13H17NO5. The van der Waals surface area contributed by atoms with E-state index in [2.05, 4.69) is 4.84 Å². The molecule has 0 spiro atoms. The van der Waals surface area contributed by atoms with Crippen molar-refractivity contribution in [1.29, 1.82) is 0 Å². The second-order valence-corrected chi connectivity index (χ2v) is 4.73. The molecule has 0 saturated heterocycles. The topological polar surface area (TPSA) is 73.9 Å². The summed E-state index contributed by atoms with van der Waals surface area (Å²) in [6.07, 6.45) is -1.86. The zero-order valence-electron chi connectivity index (χ0n) is 11.1. The van der Waals surface area contributed by atoms with Gasteiger partial charge in [-0.05, 0) is 26.3 Å². The van der Waals surface area contributed by atoms with Crippen molar-refractivity contribution in [2.45, 2.75) is 33.0 Å². The second-order valence-electron chi connectivity index (χ2n) is 4.73. The van der Waals surface area contributed by atoms with E-state index < -0.39 is 17.8 Å². The number of hydrogen-bond acceptors (Lipinski definition) is 5. The number of hydroxylamine groups is 1. The quantitative estimate of drug-likeness (QED) is 0.658. The van der Waals surface area contributed by atoms with E-state index in [0.29, 0.717) is 0 Å². The Balaban J connectivity index is 2.23. The average Bonchev–Trinajstić information content (AvgIpc) is 2.33. The lowest BCUT2D eigenvalue weighted by Gasteiger charge is -2.18. The van der Waals surface area contributed by atoms with Gasteiger partial charge in [-0.15, -0.1) is 5.48 Å². The highest BCUT2D eigenvalue weighted by molar-refractivity contribution is 5.69. The molecular weight excluding hydrogens is 250 g/mol. The molecule has 0 saturated carbocycles. The van der Waals surface area contributed by atoms with Crippen molar-refractivity contribution in [3.8, 4) is 0 Å². The van der Waals surface area contributed by atoms with Gasteiger partial charge < -0.3 is 14.3 Å². The van der Waals surface area contributed by atoms with Crippen molar-refractivity contribution in [1.82, 2.24) is 5.48 Å². The molecule has 104 valence electrons. The first kappa shape index (κ1) is 14.8. The zero-order chi connectivity index (χ0) is 14.3. The minimum atomic E-state index is -0.996. The van der Waals surface area contributed by atoms with Crippen molar-refractivity contribution in [2.24, 2.45) is 0 Å². The summed E-state index contributed by atoms with van der Waals surface area (Å²) in [6, 6.07) is 9.13. The van der Waals surface area contributed by atoms with Crippen molar-refractivity contribution in [3.05, 3.63) is 35.9 Å². The molecule has 1 aromatic rings. The minimum absolute atomic E-state index is 0.0877. The van der Waals surface area contributed by atoms with Gasteiger partial charge in [0.2, 0.25) is 0 Å². The van der Waals surface area contributed by atoms with Crippen LogP contribution in [0.4, 0.5) is 9.59 Å². The lowest BCUT2D eigenvalue weighted by atomic mass is 10.2. The molecule has 0 aliphatic heterocycles. The normalized spacial score (nSPS) is 10.5. The molecule has 0 bridgehead atoms. The van der Waals surface area contributed by atoms with E-state index in [0.717, 1.165) is 5.56 Å². The van der Waals surface area contributed by atoms with Crippen LogP contribution in [0.15, 0.2) is 30.3 Å². The second kappa shape index (κ2) is 6.63. The molecule has 19 heavy (non-hydrogen) atoms. The summed E-state index contributed by atoms with van der Waals surface area (Å²) in [5.74, 6) is 0. The lowest BCUT2D eigenvalue weighted by molar-refractivity contribution is -0.0319. The molecule has 0 atom stereocenters. The average molecular weight is 267 g/mol. The van der Waals surface area contributed by atoms with E-state index in [4.69, 9.17) is 9.47 Å². The summed E-state index contributed by atoms with van der Waals surface area (Å²) < 4.78 is 9.65. The number of rotatable bonds is 2. The van der Waals surface area contributed by atoms with Crippen LogP contribution in [-0.2, 0) is 20.9 Å². The molecule has 0 aliphatic carbocycles. The van der Waals surface area contributed by atoms with Crippen LogP contribution in [0, 0.1) is 0 Å². The number of nitrogens with one attached hydrogen (secondary N) is 1. The highest BCUT2D eigenvalue weighted by atomic mass is 16.8. The summed E-state index contributed by atoms with van der Waals surface area (Å²) in [4.78, 5) is 26.7. The summed E-state index contributed by atoms with van der Waals surface area (Å²) in [6.45, 7) is 5.14. The number of carbonyl (C=O) groups is 2. The Kier molecular flexibility index (Phi) is 5.17. The summed E-state index contributed by atoms with van der Waals surface area (Å²) in [5, 5.41) is 0. The van der Waals surface area contributed by atoms with Crippen LogP contribution in [0.5, 0.6) is 0 Å². The first-order valence-electron chi connectivity index (χ1n) is 5.73.